The standard InChI is InChI=1S/C36H31F10NO4/c1-18-30(21-11-23(34(38,39)40)15-24(12-21)35(41,42)43)51-32(49)47(18)17-22-16-33(2,3)10-9-25(22)19-6-8-29(37)27(13-19)26-7-5-20(31(48)50-4)14-28(26)36(44,45)46/h5-8,11-15,18,30H,9-10,16-17H2,1-4H3/t18-,30-/m0/s1. The van der Waals surface area contributed by atoms with Gasteiger partial charge in [-0.2, -0.15) is 39.5 Å². The molecule has 5 nitrogen and oxygen atoms in total. The summed E-state index contributed by atoms with van der Waals surface area (Å²) in [5, 5.41) is 0. The van der Waals surface area contributed by atoms with E-state index in [1.54, 1.807) is 0 Å². The molecule has 15 heteroatoms. The lowest BCUT2D eigenvalue weighted by Crippen LogP contribution is -2.35. The fourth-order valence-electron chi connectivity index (χ4n) is 6.60. The Balaban J connectivity index is 1.56. The Labute approximate surface area is 285 Å². The Morgan fingerprint density at radius 3 is 2.08 bits per heavy atom. The Morgan fingerprint density at radius 2 is 1.51 bits per heavy atom. The van der Waals surface area contributed by atoms with Crippen molar-refractivity contribution in [2.45, 2.75) is 70.7 Å². The van der Waals surface area contributed by atoms with Crippen molar-refractivity contribution in [1.29, 1.82) is 0 Å². The molecule has 1 aliphatic carbocycles. The number of hydrogen-bond donors (Lipinski definition) is 0. The van der Waals surface area contributed by atoms with Gasteiger partial charge in [0.25, 0.3) is 0 Å². The van der Waals surface area contributed by atoms with Crippen molar-refractivity contribution >= 4 is 17.6 Å². The second kappa shape index (κ2) is 13.2. The van der Waals surface area contributed by atoms with E-state index in [9.17, 15) is 49.1 Å². The second-order valence-corrected chi connectivity index (χ2v) is 13.4. The Morgan fingerprint density at radius 1 is 0.882 bits per heavy atom. The van der Waals surface area contributed by atoms with Crippen LogP contribution in [-0.2, 0) is 28.0 Å². The molecule has 3 aromatic rings. The van der Waals surface area contributed by atoms with E-state index in [2.05, 4.69) is 4.74 Å². The van der Waals surface area contributed by atoms with Crippen LogP contribution in [-0.4, -0.2) is 36.7 Å². The first-order valence-electron chi connectivity index (χ1n) is 15.6. The van der Waals surface area contributed by atoms with Crippen LogP contribution < -0.4 is 0 Å². The van der Waals surface area contributed by atoms with Gasteiger partial charge in [0.1, 0.15) is 11.9 Å². The molecule has 0 aromatic heterocycles. The van der Waals surface area contributed by atoms with Gasteiger partial charge in [0.2, 0.25) is 0 Å². The van der Waals surface area contributed by atoms with Crippen LogP contribution in [0.3, 0.4) is 0 Å². The minimum atomic E-state index is -5.12. The van der Waals surface area contributed by atoms with Crippen LogP contribution in [0, 0.1) is 11.2 Å². The molecule has 274 valence electrons. The Kier molecular flexibility index (Phi) is 9.76. The minimum absolute atomic E-state index is 0.0218. The van der Waals surface area contributed by atoms with Crippen molar-refractivity contribution in [3.8, 4) is 11.1 Å². The van der Waals surface area contributed by atoms with E-state index in [-0.39, 0.29) is 18.0 Å². The number of methoxy groups -OCH3 is 1. The number of nitrogens with zero attached hydrogens (tertiary/aromatic N) is 1. The van der Waals surface area contributed by atoms with Gasteiger partial charge in [-0.3, -0.25) is 4.90 Å². The van der Waals surface area contributed by atoms with Gasteiger partial charge in [-0.15, -0.1) is 0 Å². The zero-order valence-electron chi connectivity index (χ0n) is 27.5. The molecule has 3 aromatic carbocycles. The summed E-state index contributed by atoms with van der Waals surface area (Å²) in [6.45, 7) is 5.13. The van der Waals surface area contributed by atoms with E-state index in [1.807, 2.05) is 13.8 Å². The monoisotopic (exact) mass is 731 g/mol. The molecule has 1 heterocycles. The van der Waals surface area contributed by atoms with Crippen LogP contribution in [0.4, 0.5) is 48.7 Å². The molecule has 0 spiro atoms. The van der Waals surface area contributed by atoms with Crippen LogP contribution in [0.15, 0.2) is 60.2 Å². The number of alkyl halides is 9. The van der Waals surface area contributed by atoms with Crippen LogP contribution in [0.2, 0.25) is 0 Å². The van der Waals surface area contributed by atoms with Crippen molar-refractivity contribution in [2.24, 2.45) is 5.41 Å². The molecule has 1 fully saturated rings. The fraction of sp³-hybridized carbons (Fsp3) is 0.389. The molecule has 0 radical (unpaired) electrons. The molecule has 2 aliphatic rings. The van der Waals surface area contributed by atoms with Crippen molar-refractivity contribution < 1.29 is 63.0 Å². The van der Waals surface area contributed by atoms with E-state index >= 15 is 4.39 Å². The van der Waals surface area contributed by atoms with Crippen LogP contribution >= 0.6 is 0 Å². The number of allylic oxidation sites excluding steroid dienone is 1. The summed E-state index contributed by atoms with van der Waals surface area (Å²) >= 11 is 0. The number of ether oxygens (including phenoxy) is 2. The first kappa shape index (κ1) is 37.7. The first-order chi connectivity index (χ1) is 23.5. The summed E-state index contributed by atoms with van der Waals surface area (Å²) in [6, 6.07) is 6.19. The zero-order chi connectivity index (χ0) is 37.8. The summed E-state index contributed by atoms with van der Waals surface area (Å²) in [4.78, 5) is 26.3. The van der Waals surface area contributed by atoms with Gasteiger partial charge in [0, 0.05) is 12.1 Å². The number of halogens is 10. The smallest absolute Gasteiger partial charge is 0.417 e. The maximum absolute atomic E-state index is 15.3. The summed E-state index contributed by atoms with van der Waals surface area (Å²) in [5.41, 5.74) is -5.06. The first-order valence-corrected chi connectivity index (χ1v) is 15.6. The minimum Gasteiger partial charge on any atom is -0.465 e. The van der Waals surface area contributed by atoms with Crippen LogP contribution in [0.5, 0.6) is 0 Å². The van der Waals surface area contributed by atoms with E-state index in [0.717, 1.165) is 25.3 Å². The number of hydrogen-bond acceptors (Lipinski definition) is 4. The number of benzene rings is 3. The van der Waals surface area contributed by atoms with E-state index in [1.165, 1.54) is 24.0 Å². The van der Waals surface area contributed by atoms with Crippen molar-refractivity contribution in [2.75, 3.05) is 13.7 Å². The predicted octanol–water partition coefficient (Wildman–Crippen LogP) is 10.9. The van der Waals surface area contributed by atoms with Crippen LogP contribution in [0.25, 0.3) is 16.7 Å². The molecule has 0 unspecified atom stereocenters. The fourth-order valence-corrected chi connectivity index (χ4v) is 6.60. The summed E-state index contributed by atoms with van der Waals surface area (Å²) in [7, 11) is 1.00. The molecular formula is C36H31F10NO4. The van der Waals surface area contributed by atoms with Gasteiger partial charge < -0.3 is 9.47 Å². The molecule has 0 bridgehead atoms. The molecule has 5 rings (SSSR count). The highest BCUT2D eigenvalue weighted by molar-refractivity contribution is 5.91. The molecule has 1 saturated heterocycles. The number of carbonyl (C=O) groups excluding carboxylic acids is 2. The van der Waals surface area contributed by atoms with E-state index in [0.29, 0.717) is 54.2 Å². The third-order valence-corrected chi connectivity index (χ3v) is 9.21. The van der Waals surface area contributed by atoms with Gasteiger partial charge in [-0.05, 0) is 102 Å². The largest absolute Gasteiger partial charge is 0.465 e. The highest BCUT2D eigenvalue weighted by atomic mass is 19.4. The van der Waals surface area contributed by atoms with Gasteiger partial charge in [-0.1, -0.05) is 26.0 Å². The molecule has 1 aliphatic heterocycles. The van der Waals surface area contributed by atoms with E-state index < -0.39 is 87.5 Å². The van der Waals surface area contributed by atoms with E-state index in [4.69, 9.17) is 4.74 Å². The Hall–Kier alpha value is -4.56. The molecule has 51 heavy (non-hydrogen) atoms. The lowest BCUT2D eigenvalue weighted by molar-refractivity contribution is -0.143. The lowest BCUT2D eigenvalue weighted by atomic mass is 9.72. The molecule has 0 N–H and O–H groups in total. The average Bonchev–Trinajstić information content (AvgIpc) is 3.31. The van der Waals surface area contributed by atoms with Gasteiger partial charge in [-0.25, -0.2) is 14.0 Å². The normalized spacial score (nSPS) is 19.7. The third kappa shape index (κ3) is 7.86. The topological polar surface area (TPSA) is 55.8 Å². The number of esters is 1. The molecule has 0 saturated carbocycles. The number of cyclic esters (lactones) is 1. The molecular weight excluding hydrogens is 700 g/mol. The highest BCUT2D eigenvalue weighted by Crippen LogP contribution is 2.46. The maximum atomic E-state index is 15.3. The number of carbonyl (C=O) groups is 2. The van der Waals surface area contributed by atoms with Gasteiger partial charge in [0.05, 0.1) is 35.4 Å². The molecule has 2 atom stereocenters. The van der Waals surface area contributed by atoms with Crippen molar-refractivity contribution in [1.82, 2.24) is 4.90 Å². The predicted molar refractivity (Wildman–Crippen MR) is 165 cm³/mol. The quantitative estimate of drug-likeness (QED) is 0.187. The second-order valence-electron chi connectivity index (χ2n) is 13.4. The average molecular weight is 732 g/mol. The van der Waals surface area contributed by atoms with Gasteiger partial charge in [0.15, 0.2) is 0 Å². The summed E-state index contributed by atoms with van der Waals surface area (Å²) < 4.78 is 149. The number of amides is 1. The number of rotatable bonds is 6. The Bertz CT molecular complexity index is 1860. The van der Waals surface area contributed by atoms with Crippen molar-refractivity contribution in [3.63, 3.8) is 0 Å². The summed E-state index contributed by atoms with van der Waals surface area (Å²) in [6.07, 6.45) is -16.4. The summed E-state index contributed by atoms with van der Waals surface area (Å²) in [5.74, 6) is -2.00. The molecule has 1 amide bonds. The highest BCUT2D eigenvalue weighted by Gasteiger charge is 2.44. The van der Waals surface area contributed by atoms with Gasteiger partial charge >= 0.3 is 30.6 Å². The third-order valence-electron chi connectivity index (χ3n) is 9.21. The van der Waals surface area contributed by atoms with Crippen molar-refractivity contribution in [3.05, 3.63) is 99.4 Å². The van der Waals surface area contributed by atoms with Crippen LogP contribution in [0.1, 0.15) is 84.3 Å². The zero-order valence-corrected chi connectivity index (χ0v) is 27.5. The SMILES string of the molecule is COC(=O)c1ccc(-c2cc(C3=C(CN4C(=O)O[C@H](c5cc(C(F)(F)F)cc(C(F)(F)F)c5)[C@@H]4C)CC(C)(C)CC3)ccc2F)c(C(F)(F)F)c1. The maximum Gasteiger partial charge on any atom is 0.417 e. The lowest BCUT2D eigenvalue weighted by Gasteiger charge is -2.35.